The summed E-state index contributed by atoms with van der Waals surface area (Å²) < 4.78 is 21.8. The van der Waals surface area contributed by atoms with Crippen molar-refractivity contribution in [2.45, 2.75) is 142 Å². The number of nitrogens with one attached hydrogen (secondary N) is 2. The van der Waals surface area contributed by atoms with E-state index in [1.807, 2.05) is 95.8 Å². The number of amides is 3. The van der Waals surface area contributed by atoms with Crippen LogP contribution in [0.3, 0.4) is 0 Å². The van der Waals surface area contributed by atoms with E-state index in [0.29, 0.717) is 31.7 Å². The summed E-state index contributed by atoms with van der Waals surface area (Å²) in [5, 5.41) is 10.5. The molecule has 0 fully saturated rings. The van der Waals surface area contributed by atoms with Gasteiger partial charge < -0.3 is 34.5 Å². The highest BCUT2D eigenvalue weighted by molar-refractivity contribution is 6.10. The molecule has 4 aromatic carbocycles. The van der Waals surface area contributed by atoms with Crippen LogP contribution in [-0.4, -0.2) is 65.8 Å². The van der Waals surface area contributed by atoms with Crippen LogP contribution >= 0.6 is 0 Å². The van der Waals surface area contributed by atoms with Crippen molar-refractivity contribution in [3.05, 3.63) is 89.5 Å². The number of nitrogens with zero attached hydrogens (tertiary/aromatic N) is 1. The minimum absolute atomic E-state index is 0.0307. The van der Waals surface area contributed by atoms with Crippen LogP contribution in [0.2, 0.25) is 0 Å². The molecule has 0 atom stereocenters. The number of unbranched alkanes of at least 4 members (excludes halogenated alkanes) is 4. The van der Waals surface area contributed by atoms with Crippen molar-refractivity contribution in [1.82, 2.24) is 15.5 Å². The third-order valence-corrected chi connectivity index (χ3v) is 11.2. The maximum atomic E-state index is 13.7. The van der Waals surface area contributed by atoms with Gasteiger partial charge in [-0.3, -0.25) is 9.59 Å². The molecule has 0 saturated carbocycles. The standard InChI is InChI=1S/C51H67N3O8/c1-49(2,3)62-48(58)53-51(6,7)31-33-54(32-13-11-9-10-12-30-50(4,5)52-47(57)60-35-36-20-24-39(59-8)25-21-36)45(55)18-15-19-46(56)61-40-26-29-42-38(34-40)23-28-43-41-17-14-16-37(41)22-27-44(42)43/h14,16,20-29,34H,9-13,15,17-19,30-33,35H2,1-8H3,(H,52,57)(H,53,58). The first-order chi connectivity index (χ1) is 29.4. The minimum Gasteiger partial charge on any atom is -0.497 e. The van der Waals surface area contributed by atoms with Crippen LogP contribution in [0.15, 0.2) is 72.8 Å². The molecule has 3 amide bonds. The lowest BCUT2D eigenvalue weighted by Crippen LogP contribution is -2.48. The van der Waals surface area contributed by atoms with Crippen molar-refractivity contribution in [1.29, 1.82) is 0 Å². The molecule has 0 heterocycles. The molecule has 62 heavy (non-hydrogen) atoms. The van der Waals surface area contributed by atoms with Crippen molar-refractivity contribution < 1.29 is 38.1 Å². The van der Waals surface area contributed by atoms with Crippen molar-refractivity contribution in [2.24, 2.45) is 0 Å². The summed E-state index contributed by atoms with van der Waals surface area (Å²) in [7, 11) is 1.61. The van der Waals surface area contributed by atoms with E-state index in [4.69, 9.17) is 18.9 Å². The Hall–Kier alpha value is -5.58. The number of carbonyl (C=O) groups is 4. The zero-order chi connectivity index (χ0) is 44.9. The van der Waals surface area contributed by atoms with E-state index in [1.54, 1.807) is 7.11 Å². The lowest BCUT2D eigenvalue weighted by atomic mass is 9.96. The van der Waals surface area contributed by atoms with Gasteiger partial charge in [0, 0.05) is 37.0 Å². The molecule has 0 radical (unpaired) electrons. The maximum Gasteiger partial charge on any atom is 0.408 e. The Balaban J connectivity index is 1.06. The molecular formula is C51H67N3O8. The van der Waals surface area contributed by atoms with Gasteiger partial charge >= 0.3 is 18.2 Å². The Morgan fingerprint density at radius 3 is 2.06 bits per heavy atom. The fourth-order valence-corrected chi connectivity index (χ4v) is 7.74. The van der Waals surface area contributed by atoms with E-state index in [2.05, 4.69) is 47.1 Å². The Morgan fingerprint density at radius 2 is 1.32 bits per heavy atom. The third kappa shape index (κ3) is 14.8. The number of hydrogen-bond donors (Lipinski definition) is 2. The van der Waals surface area contributed by atoms with Crippen molar-refractivity contribution >= 4 is 51.7 Å². The molecule has 1 aliphatic rings. The fraction of sp³-hybridized carbons (Fsp3) is 0.490. The molecule has 0 saturated heterocycles. The summed E-state index contributed by atoms with van der Waals surface area (Å²) >= 11 is 0. The monoisotopic (exact) mass is 849 g/mol. The first kappa shape index (κ1) is 47.5. The molecule has 334 valence electrons. The smallest absolute Gasteiger partial charge is 0.408 e. The number of allylic oxidation sites excluding steroid dienone is 1. The summed E-state index contributed by atoms with van der Waals surface area (Å²) in [6, 6.07) is 21.7. The molecule has 0 aliphatic heterocycles. The molecule has 1 aliphatic carbocycles. The zero-order valence-electron chi connectivity index (χ0n) is 38.1. The van der Waals surface area contributed by atoms with Crippen molar-refractivity contribution in [3.8, 4) is 11.5 Å². The number of ether oxygens (including phenoxy) is 4. The van der Waals surface area contributed by atoms with Crippen LogP contribution in [0.5, 0.6) is 11.5 Å². The van der Waals surface area contributed by atoms with E-state index in [-0.39, 0.29) is 31.3 Å². The Labute approximate surface area is 367 Å². The predicted octanol–water partition coefficient (Wildman–Crippen LogP) is 11.2. The van der Waals surface area contributed by atoms with Gasteiger partial charge in [-0.05, 0) is 143 Å². The molecule has 0 bridgehead atoms. The summed E-state index contributed by atoms with van der Waals surface area (Å²) in [5.41, 5.74) is 1.84. The van der Waals surface area contributed by atoms with Gasteiger partial charge in [0.15, 0.2) is 0 Å². The van der Waals surface area contributed by atoms with Crippen LogP contribution in [0.4, 0.5) is 9.59 Å². The predicted molar refractivity (Wildman–Crippen MR) is 246 cm³/mol. The van der Waals surface area contributed by atoms with Crippen LogP contribution < -0.4 is 20.1 Å². The highest BCUT2D eigenvalue weighted by Crippen LogP contribution is 2.34. The third-order valence-electron chi connectivity index (χ3n) is 11.2. The summed E-state index contributed by atoms with van der Waals surface area (Å²) in [5.74, 6) is 0.829. The Kier molecular flexibility index (Phi) is 16.4. The van der Waals surface area contributed by atoms with E-state index in [1.165, 1.54) is 21.9 Å². The number of methoxy groups -OCH3 is 1. The second kappa shape index (κ2) is 21.5. The second-order valence-corrected chi connectivity index (χ2v) is 18.7. The van der Waals surface area contributed by atoms with Crippen LogP contribution in [-0.2, 0) is 32.1 Å². The highest BCUT2D eigenvalue weighted by Gasteiger charge is 2.27. The van der Waals surface area contributed by atoms with Gasteiger partial charge in [-0.25, -0.2) is 9.59 Å². The SMILES string of the molecule is COc1ccc(COC(=O)NC(C)(C)CCCCCCCN(CCC(C)(C)NC(=O)OC(C)(C)C)C(=O)CCCC(=O)Oc2ccc3c(ccc4c5c(ccc43)C=CC5)c2)cc1. The average molecular weight is 850 g/mol. The van der Waals surface area contributed by atoms with Gasteiger partial charge in [0.25, 0.3) is 0 Å². The lowest BCUT2D eigenvalue weighted by Gasteiger charge is -2.31. The summed E-state index contributed by atoms with van der Waals surface area (Å²) in [6.45, 7) is 14.5. The Morgan fingerprint density at radius 1 is 0.661 bits per heavy atom. The molecule has 0 unspecified atom stereocenters. The molecule has 5 rings (SSSR count). The quantitative estimate of drug-likeness (QED) is 0.0366. The Bertz CT molecular complexity index is 2200. The zero-order valence-corrected chi connectivity index (χ0v) is 38.1. The normalized spacial score (nSPS) is 12.5. The molecule has 2 N–H and O–H groups in total. The number of fused-ring (bicyclic) bond motifs is 5. The molecule has 11 nitrogen and oxygen atoms in total. The van der Waals surface area contributed by atoms with Gasteiger partial charge in [-0.2, -0.15) is 0 Å². The van der Waals surface area contributed by atoms with E-state index in [9.17, 15) is 19.2 Å². The molecule has 11 heteroatoms. The van der Waals surface area contributed by atoms with E-state index < -0.39 is 28.9 Å². The van der Waals surface area contributed by atoms with E-state index >= 15 is 0 Å². The van der Waals surface area contributed by atoms with Crippen LogP contribution in [0, 0.1) is 0 Å². The lowest BCUT2D eigenvalue weighted by molar-refractivity contribution is -0.135. The number of alkyl carbamates (subject to hydrolysis) is 2. The minimum atomic E-state index is -0.624. The maximum absolute atomic E-state index is 13.7. The molecule has 4 aromatic rings. The number of hydrogen-bond acceptors (Lipinski definition) is 8. The molecular weight excluding hydrogens is 783 g/mol. The second-order valence-electron chi connectivity index (χ2n) is 18.7. The average Bonchev–Trinajstić information content (AvgIpc) is 3.69. The van der Waals surface area contributed by atoms with Crippen molar-refractivity contribution in [3.63, 3.8) is 0 Å². The van der Waals surface area contributed by atoms with Crippen molar-refractivity contribution in [2.75, 3.05) is 20.2 Å². The van der Waals surface area contributed by atoms with Gasteiger partial charge in [-0.1, -0.05) is 80.3 Å². The topological polar surface area (TPSA) is 132 Å². The van der Waals surface area contributed by atoms with Crippen LogP contribution in [0.1, 0.15) is 129 Å². The number of esters is 1. The van der Waals surface area contributed by atoms with E-state index in [0.717, 1.165) is 67.0 Å². The van der Waals surface area contributed by atoms with Crippen LogP contribution in [0.25, 0.3) is 27.6 Å². The summed E-state index contributed by atoms with van der Waals surface area (Å²) in [4.78, 5) is 53.6. The van der Waals surface area contributed by atoms with Gasteiger partial charge in [-0.15, -0.1) is 0 Å². The first-order valence-corrected chi connectivity index (χ1v) is 22.1. The van der Waals surface area contributed by atoms with Gasteiger partial charge in [0.1, 0.15) is 23.7 Å². The molecule has 0 spiro atoms. The van der Waals surface area contributed by atoms with Gasteiger partial charge in [0.05, 0.1) is 7.11 Å². The number of carbonyl (C=O) groups excluding carboxylic acids is 4. The number of benzene rings is 4. The molecule has 0 aromatic heterocycles. The first-order valence-electron chi connectivity index (χ1n) is 22.1. The van der Waals surface area contributed by atoms with Gasteiger partial charge in [0.2, 0.25) is 5.91 Å². The fourth-order valence-electron chi connectivity index (χ4n) is 7.74. The largest absolute Gasteiger partial charge is 0.497 e. The number of rotatable bonds is 21. The highest BCUT2D eigenvalue weighted by atomic mass is 16.6. The summed E-state index contributed by atoms with van der Waals surface area (Å²) in [6.07, 6.45) is 11.0.